The summed E-state index contributed by atoms with van der Waals surface area (Å²) in [6, 6.07) is 11.1. The fourth-order valence-electron chi connectivity index (χ4n) is 7.25. The van der Waals surface area contributed by atoms with Crippen LogP contribution < -0.4 is 0 Å². The molecule has 0 aromatic heterocycles. The standard InChI is InChI=1S/C45H85N/c1-3-5-7-9-11-13-15-17-19-21-23-25-27-29-31-36-42-46(44-38-41-45-39-34-33-35-40-45)43-37-32-30-28-26-24-22-20-18-16-14-12-10-8-6-4-2/h33-35,39-40H,3-32,36-38,41-44H2,1-2H3. The van der Waals surface area contributed by atoms with Crippen molar-refractivity contribution in [3.05, 3.63) is 35.9 Å². The lowest BCUT2D eigenvalue weighted by molar-refractivity contribution is 0.257. The van der Waals surface area contributed by atoms with E-state index >= 15 is 0 Å². The average molecular weight is 640 g/mol. The zero-order chi connectivity index (χ0) is 32.9. The lowest BCUT2D eigenvalue weighted by Gasteiger charge is -2.22. The maximum atomic E-state index is 2.82. The van der Waals surface area contributed by atoms with Gasteiger partial charge < -0.3 is 4.90 Å². The third-order valence-electron chi connectivity index (χ3n) is 10.4. The Morgan fingerprint density at radius 2 is 0.565 bits per heavy atom. The second-order valence-corrected chi connectivity index (χ2v) is 15.0. The fraction of sp³-hybridized carbons (Fsp3) is 0.867. The van der Waals surface area contributed by atoms with Crippen LogP contribution in [-0.4, -0.2) is 24.5 Å². The van der Waals surface area contributed by atoms with E-state index in [1.54, 1.807) is 0 Å². The van der Waals surface area contributed by atoms with E-state index in [2.05, 4.69) is 49.1 Å². The predicted octanol–water partition coefficient (Wildman–Crippen LogP) is 15.4. The van der Waals surface area contributed by atoms with Gasteiger partial charge in [0.2, 0.25) is 0 Å². The highest BCUT2D eigenvalue weighted by Crippen LogP contribution is 2.16. The van der Waals surface area contributed by atoms with Gasteiger partial charge in [-0.3, -0.25) is 0 Å². The van der Waals surface area contributed by atoms with Gasteiger partial charge in [-0.25, -0.2) is 0 Å². The lowest BCUT2D eigenvalue weighted by Crippen LogP contribution is -2.27. The van der Waals surface area contributed by atoms with E-state index in [-0.39, 0.29) is 0 Å². The molecular weight excluding hydrogens is 555 g/mol. The molecule has 270 valence electrons. The van der Waals surface area contributed by atoms with Gasteiger partial charge in [-0.15, -0.1) is 0 Å². The molecule has 1 aromatic carbocycles. The highest BCUT2D eigenvalue weighted by atomic mass is 15.1. The minimum atomic E-state index is 1.23. The summed E-state index contributed by atoms with van der Waals surface area (Å²) in [5.41, 5.74) is 1.51. The Morgan fingerprint density at radius 1 is 0.304 bits per heavy atom. The van der Waals surface area contributed by atoms with Gasteiger partial charge in [0, 0.05) is 0 Å². The topological polar surface area (TPSA) is 3.24 Å². The van der Waals surface area contributed by atoms with Crippen molar-refractivity contribution in [3.63, 3.8) is 0 Å². The third kappa shape index (κ3) is 31.8. The molecule has 1 rings (SSSR count). The van der Waals surface area contributed by atoms with Crippen molar-refractivity contribution in [1.82, 2.24) is 4.90 Å². The van der Waals surface area contributed by atoms with Crippen LogP contribution in [-0.2, 0) is 6.42 Å². The molecule has 0 heterocycles. The first kappa shape index (κ1) is 43.2. The zero-order valence-electron chi connectivity index (χ0n) is 32.0. The van der Waals surface area contributed by atoms with Crippen LogP contribution in [0.4, 0.5) is 0 Å². The SMILES string of the molecule is CCCCCCCCCCCCCCCCCCN(CCCCCCCCCCCCCCCCCC)CCCc1ccccc1. The Morgan fingerprint density at radius 3 is 0.870 bits per heavy atom. The third-order valence-corrected chi connectivity index (χ3v) is 10.4. The van der Waals surface area contributed by atoms with Crippen LogP contribution in [0.25, 0.3) is 0 Å². The van der Waals surface area contributed by atoms with E-state index in [4.69, 9.17) is 0 Å². The molecule has 0 spiro atoms. The van der Waals surface area contributed by atoms with Gasteiger partial charge in [-0.2, -0.15) is 0 Å². The van der Waals surface area contributed by atoms with Gasteiger partial charge in [-0.1, -0.05) is 237 Å². The van der Waals surface area contributed by atoms with Crippen molar-refractivity contribution in [1.29, 1.82) is 0 Å². The molecule has 0 atom stereocenters. The second kappa shape index (κ2) is 37.0. The molecule has 0 bridgehead atoms. The molecule has 0 aliphatic carbocycles. The van der Waals surface area contributed by atoms with Crippen molar-refractivity contribution in [3.8, 4) is 0 Å². The molecule has 0 aliphatic rings. The Balaban J connectivity index is 2.02. The van der Waals surface area contributed by atoms with Crippen molar-refractivity contribution in [2.45, 2.75) is 232 Å². The summed E-state index contributed by atoms with van der Waals surface area (Å²) < 4.78 is 0. The smallest absolute Gasteiger partial charge is 0.00156 e. The first-order valence-electron chi connectivity index (χ1n) is 21.6. The molecule has 0 N–H and O–H groups in total. The van der Waals surface area contributed by atoms with Crippen LogP contribution in [0.15, 0.2) is 30.3 Å². The van der Waals surface area contributed by atoms with Gasteiger partial charge in [0.25, 0.3) is 0 Å². The average Bonchev–Trinajstić information content (AvgIpc) is 3.08. The first-order valence-corrected chi connectivity index (χ1v) is 21.6. The number of aryl methyl sites for hydroxylation is 1. The second-order valence-electron chi connectivity index (χ2n) is 15.0. The van der Waals surface area contributed by atoms with Crippen LogP contribution in [0, 0.1) is 0 Å². The minimum Gasteiger partial charge on any atom is -0.303 e. The highest BCUT2D eigenvalue weighted by molar-refractivity contribution is 5.14. The Bertz CT molecular complexity index is 633. The van der Waals surface area contributed by atoms with Gasteiger partial charge in [-0.05, 0) is 50.9 Å². The molecule has 46 heavy (non-hydrogen) atoms. The summed E-state index contributed by atoms with van der Waals surface area (Å²) >= 11 is 0. The number of benzene rings is 1. The molecule has 0 fully saturated rings. The van der Waals surface area contributed by atoms with Gasteiger partial charge >= 0.3 is 0 Å². The van der Waals surface area contributed by atoms with E-state index in [1.807, 2.05) is 0 Å². The molecule has 1 aromatic rings. The molecule has 1 heteroatoms. The van der Waals surface area contributed by atoms with E-state index in [1.165, 1.54) is 244 Å². The number of unbranched alkanes of at least 4 members (excludes halogenated alkanes) is 30. The zero-order valence-corrected chi connectivity index (χ0v) is 32.0. The number of nitrogens with zero attached hydrogens (tertiary/aromatic N) is 1. The molecule has 0 unspecified atom stereocenters. The molecule has 0 saturated carbocycles. The summed E-state index contributed by atoms with van der Waals surface area (Å²) in [4.78, 5) is 2.82. The fourth-order valence-corrected chi connectivity index (χ4v) is 7.25. The van der Waals surface area contributed by atoms with Gasteiger partial charge in [0.1, 0.15) is 0 Å². The Kier molecular flexibility index (Phi) is 34.8. The summed E-state index contributed by atoms with van der Waals surface area (Å²) in [5.74, 6) is 0. The molecular formula is C45H85N. The first-order chi connectivity index (χ1) is 22.9. The highest BCUT2D eigenvalue weighted by Gasteiger charge is 2.06. The van der Waals surface area contributed by atoms with Crippen LogP contribution in [0.2, 0.25) is 0 Å². The summed E-state index contributed by atoms with van der Waals surface area (Å²) in [5, 5.41) is 0. The normalized spacial score (nSPS) is 11.6. The number of hydrogen-bond acceptors (Lipinski definition) is 1. The lowest BCUT2D eigenvalue weighted by atomic mass is 10.0. The molecule has 0 radical (unpaired) electrons. The predicted molar refractivity (Wildman–Crippen MR) is 210 cm³/mol. The summed E-state index contributed by atoms with van der Waals surface area (Å²) in [6.45, 7) is 8.56. The molecule has 1 nitrogen and oxygen atoms in total. The largest absolute Gasteiger partial charge is 0.303 e. The van der Waals surface area contributed by atoms with Crippen molar-refractivity contribution in [2.75, 3.05) is 19.6 Å². The van der Waals surface area contributed by atoms with E-state index in [0.717, 1.165) is 0 Å². The molecule has 0 saturated heterocycles. The Labute approximate surface area is 291 Å². The van der Waals surface area contributed by atoms with Crippen molar-refractivity contribution in [2.24, 2.45) is 0 Å². The van der Waals surface area contributed by atoms with Crippen LogP contribution in [0.1, 0.15) is 231 Å². The number of hydrogen-bond donors (Lipinski definition) is 0. The van der Waals surface area contributed by atoms with Gasteiger partial charge in [0.15, 0.2) is 0 Å². The van der Waals surface area contributed by atoms with Crippen molar-refractivity contribution < 1.29 is 0 Å². The monoisotopic (exact) mass is 640 g/mol. The number of rotatable bonds is 38. The van der Waals surface area contributed by atoms with Crippen LogP contribution in [0.5, 0.6) is 0 Å². The van der Waals surface area contributed by atoms with Crippen molar-refractivity contribution >= 4 is 0 Å². The van der Waals surface area contributed by atoms with E-state index < -0.39 is 0 Å². The summed E-state index contributed by atoms with van der Waals surface area (Å²) in [7, 11) is 0. The maximum Gasteiger partial charge on any atom is -0.00156 e. The van der Waals surface area contributed by atoms with Crippen LogP contribution in [0.3, 0.4) is 0 Å². The van der Waals surface area contributed by atoms with Crippen LogP contribution >= 0.6 is 0 Å². The summed E-state index contributed by atoms with van der Waals surface area (Å²) in [6.07, 6.45) is 49.2. The van der Waals surface area contributed by atoms with E-state index in [0.29, 0.717) is 0 Å². The molecule has 0 aliphatic heterocycles. The van der Waals surface area contributed by atoms with Gasteiger partial charge in [0.05, 0.1) is 0 Å². The quantitative estimate of drug-likeness (QED) is 0.0651. The minimum absolute atomic E-state index is 1.23. The maximum absolute atomic E-state index is 2.82. The van der Waals surface area contributed by atoms with E-state index in [9.17, 15) is 0 Å². The molecule has 0 amide bonds. The Hall–Kier alpha value is -0.820.